The van der Waals surface area contributed by atoms with E-state index in [9.17, 15) is 4.79 Å². The van der Waals surface area contributed by atoms with E-state index in [1.54, 1.807) is 0 Å². The van der Waals surface area contributed by atoms with Crippen LogP contribution in [0.15, 0.2) is 30.3 Å². The van der Waals surface area contributed by atoms with Crippen LogP contribution in [0.25, 0.3) is 0 Å². The first-order valence-electron chi connectivity index (χ1n) is 7.59. The highest BCUT2D eigenvalue weighted by molar-refractivity contribution is 5.83. The number of nitrogens with zero attached hydrogens (tertiary/aromatic N) is 1. The molecule has 2 N–H and O–H groups in total. The lowest BCUT2D eigenvalue weighted by Gasteiger charge is -2.32. The average Bonchev–Trinajstić information content (AvgIpc) is 2.80. The van der Waals surface area contributed by atoms with Crippen LogP contribution >= 0.6 is 0 Å². The monoisotopic (exact) mass is 274 g/mol. The maximum Gasteiger partial charge on any atom is 0.229 e. The molecular weight excluding hydrogens is 248 g/mol. The molecule has 1 amide bonds. The Morgan fingerprint density at radius 3 is 2.70 bits per heavy atom. The molecule has 1 aliphatic carbocycles. The van der Waals surface area contributed by atoms with Crippen LogP contribution in [0.3, 0.4) is 0 Å². The van der Waals surface area contributed by atoms with Crippen molar-refractivity contribution in [1.29, 1.82) is 0 Å². The van der Waals surface area contributed by atoms with Gasteiger partial charge in [0.25, 0.3) is 0 Å². The van der Waals surface area contributed by atoms with E-state index >= 15 is 0 Å². The number of aryl methyl sites for hydroxylation is 1. The molecule has 1 aliphatic rings. The van der Waals surface area contributed by atoms with Gasteiger partial charge in [0.05, 0.1) is 5.41 Å². The molecule has 3 nitrogen and oxygen atoms in total. The van der Waals surface area contributed by atoms with Gasteiger partial charge in [-0.1, -0.05) is 36.8 Å². The van der Waals surface area contributed by atoms with Crippen molar-refractivity contribution in [2.24, 2.45) is 11.1 Å². The highest BCUT2D eigenvalue weighted by Crippen LogP contribution is 2.38. The molecule has 20 heavy (non-hydrogen) atoms. The molecular formula is C17H26N2O. The quantitative estimate of drug-likeness (QED) is 0.897. The van der Waals surface area contributed by atoms with Gasteiger partial charge >= 0.3 is 0 Å². The Morgan fingerprint density at radius 1 is 1.40 bits per heavy atom. The Labute approximate surface area is 122 Å². The van der Waals surface area contributed by atoms with Crippen molar-refractivity contribution in [2.75, 3.05) is 13.6 Å². The zero-order valence-electron chi connectivity index (χ0n) is 12.6. The fraction of sp³-hybridized carbons (Fsp3) is 0.588. The molecule has 0 heterocycles. The average molecular weight is 274 g/mol. The smallest absolute Gasteiger partial charge is 0.229 e. The molecule has 1 saturated carbocycles. The second-order valence-corrected chi connectivity index (χ2v) is 6.23. The minimum Gasteiger partial charge on any atom is -0.345 e. The van der Waals surface area contributed by atoms with Gasteiger partial charge in [-0.2, -0.15) is 0 Å². The normalized spacial score (nSPS) is 25.6. The lowest BCUT2D eigenvalue weighted by molar-refractivity contribution is -0.140. The number of benzene rings is 1. The molecule has 110 valence electrons. The molecule has 0 aliphatic heterocycles. The van der Waals surface area contributed by atoms with Crippen molar-refractivity contribution in [3.63, 3.8) is 0 Å². The minimum absolute atomic E-state index is 0.0200. The highest BCUT2D eigenvalue weighted by atomic mass is 16.2. The van der Waals surface area contributed by atoms with Gasteiger partial charge in [0.15, 0.2) is 0 Å². The third-order valence-corrected chi connectivity index (χ3v) is 4.67. The van der Waals surface area contributed by atoms with E-state index in [1.165, 1.54) is 5.56 Å². The zero-order valence-corrected chi connectivity index (χ0v) is 12.6. The predicted molar refractivity (Wildman–Crippen MR) is 82.3 cm³/mol. The lowest BCUT2D eigenvalue weighted by Crippen LogP contribution is -2.48. The summed E-state index contributed by atoms with van der Waals surface area (Å²) in [6.45, 7) is 2.83. The number of hydrogen-bond donors (Lipinski definition) is 1. The van der Waals surface area contributed by atoms with E-state index in [1.807, 2.05) is 24.9 Å². The summed E-state index contributed by atoms with van der Waals surface area (Å²) in [5.74, 6) is 0.218. The van der Waals surface area contributed by atoms with Crippen LogP contribution in [0.1, 0.15) is 38.2 Å². The fourth-order valence-electron chi connectivity index (χ4n) is 3.16. The molecule has 0 radical (unpaired) electrons. The standard InChI is InChI=1S/C17H26N2O/c1-17(12-6-11-15(17)18)16(20)19(2)13-7-10-14-8-4-3-5-9-14/h3-5,8-9,15H,6-7,10-13,18H2,1-2H3. The van der Waals surface area contributed by atoms with Crippen LogP contribution in [-0.4, -0.2) is 30.4 Å². The minimum atomic E-state index is -0.346. The summed E-state index contributed by atoms with van der Waals surface area (Å²) >= 11 is 0. The first-order chi connectivity index (χ1) is 9.54. The Balaban J connectivity index is 1.83. The van der Waals surface area contributed by atoms with Crippen LogP contribution in [0.2, 0.25) is 0 Å². The van der Waals surface area contributed by atoms with Crippen LogP contribution in [0.5, 0.6) is 0 Å². The number of rotatable bonds is 5. The van der Waals surface area contributed by atoms with Crippen molar-refractivity contribution in [1.82, 2.24) is 4.90 Å². The maximum atomic E-state index is 12.6. The second-order valence-electron chi connectivity index (χ2n) is 6.23. The molecule has 0 saturated heterocycles. The largest absolute Gasteiger partial charge is 0.345 e. The van der Waals surface area contributed by atoms with Gasteiger partial charge in [-0.15, -0.1) is 0 Å². The molecule has 0 bridgehead atoms. The SMILES string of the molecule is CN(CCCc1ccccc1)C(=O)C1(C)CCCC1N. The first kappa shape index (κ1) is 15.0. The number of hydrogen-bond acceptors (Lipinski definition) is 2. The molecule has 0 aromatic heterocycles. The molecule has 3 heteroatoms. The van der Waals surface area contributed by atoms with Crippen molar-refractivity contribution in [2.45, 2.75) is 45.1 Å². The van der Waals surface area contributed by atoms with Gasteiger partial charge in [0.2, 0.25) is 5.91 Å². The lowest BCUT2D eigenvalue weighted by atomic mass is 9.83. The summed E-state index contributed by atoms with van der Waals surface area (Å²) in [5, 5.41) is 0. The van der Waals surface area contributed by atoms with Crippen LogP contribution in [0, 0.1) is 5.41 Å². The van der Waals surface area contributed by atoms with E-state index in [2.05, 4.69) is 24.3 Å². The topological polar surface area (TPSA) is 46.3 Å². The summed E-state index contributed by atoms with van der Waals surface area (Å²) < 4.78 is 0. The van der Waals surface area contributed by atoms with Crippen LogP contribution in [0.4, 0.5) is 0 Å². The molecule has 1 fully saturated rings. The Kier molecular flexibility index (Phi) is 4.81. The zero-order chi connectivity index (χ0) is 14.6. The van der Waals surface area contributed by atoms with Crippen molar-refractivity contribution in [3.8, 4) is 0 Å². The first-order valence-corrected chi connectivity index (χ1v) is 7.59. The number of amides is 1. The van der Waals surface area contributed by atoms with Crippen LogP contribution < -0.4 is 5.73 Å². The van der Waals surface area contributed by atoms with E-state index in [4.69, 9.17) is 5.73 Å². The molecule has 2 rings (SSSR count). The third kappa shape index (κ3) is 3.21. The Bertz CT molecular complexity index is 446. The molecule has 0 spiro atoms. The molecule has 2 unspecified atom stereocenters. The summed E-state index contributed by atoms with van der Waals surface area (Å²) in [7, 11) is 1.91. The van der Waals surface area contributed by atoms with E-state index in [-0.39, 0.29) is 17.4 Å². The number of carbonyl (C=O) groups excluding carboxylic acids is 1. The van der Waals surface area contributed by atoms with Gasteiger partial charge in [-0.3, -0.25) is 4.79 Å². The predicted octanol–water partition coefficient (Wildman–Crippen LogP) is 2.60. The van der Waals surface area contributed by atoms with Crippen molar-refractivity contribution < 1.29 is 4.79 Å². The summed E-state index contributed by atoms with van der Waals surface area (Å²) in [6, 6.07) is 10.4. The van der Waals surface area contributed by atoms with Crippen molar-refractivity contribution >= 4 is 5.91 Å². The van der Waals surface area contributed by atoms with Crippen LogP contribution in [-0.2, 0) is 11.2 Å². The fourth-order valence-corrected chi connectivity index (χ4v) is 3.16. The van der Waals surface area contributed by atoms with Gasteiger partial charge in [-0.25, -0.2) is 0 Å². The molecule has 2 atom stereocenters. The van der Waals surface area contributed by atoms with E-state index in [0.717, 1.165) is 38.6 Å². The summed E-state index contributed by atoms with van der Waals surface area (Å²) in [5.41, 5.74) is 7.11. The van der Waals surface area contributed by atoms with Gasteiger partial charge in [-0.05, 0) is 38.2 Å². The molecule has 1 aromatic carbocycles. The van der Waals surface area contributed by atoms with E-state index in [0.29, 0.717) is 0 Å². The summed E-state index contributed by atoms with van der Waals surface area (Å²) in [4.78, 5) is 14.4. The van der Waals surface area contributed by atoms with Gasteiger partial charge in [0, 0.05) is 19.6 Å². The number of carbonyl (C=O) groups is 1. The Hall–Kier alpha value is -1.35. The molecule has 1 aromatic rings. The third-order valence-electron chi connectivity index (χ3n) is 4.67. The highest BCUT2D eigenvalue weighted by Gasteiger charge is 2.44. The Morgan fingerprint density at radius 2 is 2.10 bits per heavy atom. The van der Waals surface area contributed by atoms with Gasteiger partial charge in [0.1, 0.15) is 0 Å². The second kappa shape index (κ2) is 6.40. The van der Waals surface area contributed by atoms with Gasteiger partial charge < -0.3 is 10.6 Å². The summed E-state index contributed by atoms with van der Waals surface area (Å²) in [6.07, 6.45) is 4.98. The van der Waals surface area contributed by atoms with E-state index < -0.39 is 0 Å². The number of nitrogens with two attached hydrogens (primary N) is 1. The maximum absolute atomic E-state index is 12.6. The van der Waals surface area contributed by atoms with Crippen molar-refractivity contribution in [3.05, 3.63) is 35.9 Å².